The van der Waals surface area contributed by atoms with E-state index in [1.807, 2.05) is 29.2 Å². The van der Waals surface area contributed by atoms with E-state index in [1.54, 1.807) is 18.1 Å². The zero-order chi connectivity index (χ0) is 27.9. The van der Waals surface area contributed by atoms with Crippen LogP contribution < -0.4 is 10.2 Å². The molecule has 1 saturated carbocycles. The molecule has 2 unspecified atom stereocenters. The van der Waals surface area contributed by atoms with Crippen LogP contribution in [-0.2, 0) is 17.7 Å². The van der Waals surface area contributed by atoms with Crippen LogP contribution in [-0.4, -0.2) is 91.3 Å². The fourth-order valence-electron chi connectivity index (χ4n) is 7.20. The van der Waals surface area contributed by atoms with E-state index in [9.17, 15) is 14.7 Å². The number of rotatable bonds is 6. The van der Waals surface area contributed by atoms with E-state index >= 15 is 0 Å². The highest BCUT2D eigenvalue weighted by atomic mass is 35.5. The normalized spacial score (nSPS) is 22.8. The Balaban J connectivity index is 0.00000337. The molecule has 6 rings (SSSR count). The molecule has 1 saturated heterocycles. The number of β-amino-alcohol motifs (C(OH)–C–C–N with tert-alkyl or cyclic N) is 1. The van der Waals surface area contributed by atoms with Gasteiger partial charge in [0.2, 0.25) is 0 Å². The van der Waals surface area contributed by atoms with Gasteiger partial charge in [-0.3, -0.25) is 9.59 Å². The Bertz CT molecular complexity index is 1260. The SMILES string of the molecule is CCN1CCN(CC(O)C2Cc3ccccc3CN2)C(=O)c2ccc(C(=O)N3CCC4(CC3)CC(OC)C4)cc21.Cl. The molecule has 2 atom stereocenters. The van der Waals surface area contributed by atoms with Gasteiger partial charge < -0.3 is 29.9 Å². The topological polar surface area (TPSA) is 85.3 Å². The Morgan fingerprint density at radius 1 is 1.07 bits per heavy atom. The number of hydrogen-bond acceptors (Lipinski definition) is 6. The van der Waals surface area contributed by atoms with Crippen molar-refractivity contribution < 1.29 is 19.4 Å². The summed E-state index contributed by atoms with van der Waals surface area (Å²) in [6.07, 6.45) is 4.71. The van der Waals surface area contributed by atoms with Gasteiger partial charge in [0.1, 0.15) is 0 Å². The number of nitrogens with zero attached hydrogens (tertiary/aromatic N) is 3. The van der Waals surface area contributed by atoms with Crippen LogP contribution in [0.2, 0.25) is 0 Å². The highest BCUT2D eigenvalue weighted by Gasteiger charge is 2.46. The molecule has 0 aromatic heterocycles. The first-order valence-corrected chi connectivity index (χ1v) is 14.9. The second-order valence-electron chi connectivity index (χ2n) is 12.1. The van der Waals surface area contributed by atoms with Crippen molar-refractivity contribution in [1.82, 2.24) is 15.1 Å². The minimum absolute atomic E-state index is 0. The number of carbonyl (C=O) groups excluding carboxylic acids is 2. The fraction of sp³-hybridized carbons (Fsp3) is 0.562. The molecule has 9 heteroatoms. The monoisotopic (exact) mass is 582 g/mol. The molecule has 1 spiro atoms. The number of likely N-dealkylation sites (N-methyl/N-ethyl adjacent to an activating group) is 1. The summed E-state index contributed by atoms with van der Waals surface area (Å²) in [6.45, 7) is 6.54. The van der Waals surface area contributed by atoms with Gasteiger partial charge in [0.15, 0.2) is 0 Å². The second kappa shape index (κ2) is 12.3. The summed E-state index contributed by atoms with van der Waals surface area (Å²) >= 11 is 0. The summed E-state index contributed by atoms with van der Waals surface area (Å²) in [5, 5.41) is 14.6. The molecule has 0 bridgehead atoms. The number of benzene rings is 2. The third kappa shape index (κ3) is 5.85. The summed E-state index contributed by atoms with van der Waals surface area (Å²) in [6, 6.07) is 13.7. The Kier molecular flexibility index (Phi) is 8.95. The van der Waals surface area contributed by atoms with Gasteiger partial charge in [-0.2, -0.15) is 0 Å². The number of fused-ring (bicyclic) bond motifs is 2. The van der Waals surface area contributed by atoms with Gasteiger partial charge in [-0.15, -0.1) is 12.4 Å². The van der Waals surface area contributed by atoms with Gasteiger partial charge >= 0.3 is 0 Å². The first-order chi connectivity index (χ1) is 19.4. The molecule has 2 aromatic rings. The predicted molar refractivity (Wildman–Crippen MR) is 162 cm³/mol. The van der Waals surface area contributed by atoms with Crippen LogP contribution in [0.25, 0.3) is 0 Å². The zero-order valence-electron chi connectivity index (χ0n) is 24.2. The molecule has 8 nitrogen and oxygen atoms in total. The number of likely N-dealkylation sites (tertiary alicyclic amines) is 1. The number of anilines is 1. The quantitative estimate of drug-likeness (QED) is 0.542. The van der Waals surface area contributed by atoms with E-state index in [0.717, 1.165) is 64.0 Å². The first kappa shape index (κ1) is 29.8. The number of aliphatic hydroxyl groups excluding tert-OH is 1. The molecule has 2 N–H and O–H groups in total. The van der Waals surface area contributed by atoms with E-state index in [2.05, 4.69) is 29.3 Å². The van der Waals surface area contributed by atoms with Crippen molar-refractivity contribution in [2.45, 2.75) is 63.8 Å². The average molecular weight is 583 g/mol. The van der Waals surface area contributed by atoms with E-state index in [1.165, 1.54) is 11.1 Å². The Morgan fingerprint density at radius 3 is 2.49 bits per heavy atom. The number of nitrogens with one attached hydrogen (secondary N) is 1. The lowest BCUT2D eigenvalue weighted by Gasteiger charge is -2.51. The van der Waals surface area contributed by atoms with Crippen molar-refractivity contribution in [1.29, 1.82) is 0 Å². The summed E-state index contributed by atoms with van der Waals surface area (Å²) in [5.74, 6) is -0.0400. The van der Waals surface area contributed by atoms with Crippen molar-refractivity contribution in [3.63, 3.8) is 0 Å². The van der Waals surface area contributed by atoms with E-state index in [0.29, 0.717) is 35.7 Å². The molecule has 1 aliphatic carbocycles. The Morgan fingerprint density at radius 2 is 1.78 bits per heavy atom. The van der Waals surface area contributed by atoms with Crippen LogP contribution in [0.4, 0.5) is 5.69 Å². The lowest BCUT2D eigenvalue weighted by molar-refractivity contribution is -0.0841. The van der Waals surface area contributed by atoms with Gasteiger partial charge in [0.05, 0.1) is 23.5 Å². The number of halogens is 1. The average Bonchev–Trinajstić information content (AvgIpc) is 3.10. The Labute approximate surface area is 249 Å². The van der Waals surface area contributed by atoms with Gasteiger partial charge in [0.25, 0.3) is 11.8 Å². The molecule has 4 aliphatic rings. The van der Waals surface area contributed by atoms with Crippen LogP contribution in [0.1, 0.15) is 64.4 Å². The van der Waals surface area contributed by atoms with Crippen LogP contribution in [0.3, 0.4) is 0 Å². The number of ether oxygens (including phenoxy) is 1. The van der Waals surface area contributed by atoms with Crippen LogP contribution >= 0.6 is 12.4 Å². The maximum absolute atomic E-state index is 13.7. The maximum atomic E-state index is 13.7. The van der Waals surface area contributed by atoms with Crippen LogP contribution in [0.5, 0.6) is 0 Å². The zero-order valence-corrected chi connectivity index (χ0v) is 25.0. The number of methoxy groups -OCH3 is 1. The maximum Gasteiger partial charge on any atom is 0.256 e. The van der Waals surface area contributed by atoms with Crippen molar-refractivity contribution in [3.05, 3.63) is 64.7 Å². The molecule has 2 amide bonds. The fourth-order valence-corrected chi connectivity index (χ4v) is 7.20. The standard InChI is InChI=1S/C32H42N4O4.ClH/c1-3-34-14-15-36(21-29(37)27-16-22-6-4-5-7-24(22)20-33-27)31(39)26-9-8-23(17-28(26)34)30(38)35-12-10-32(11-13-35)18-25(19-32)40-2;/h4-9,17,25,27,29,33,37H,3,10-16,18-21H2,1-2H3;1H. The van der Waals surface area contributed by atoms with Gasteiger partial charge in [-0.1, -0.05) is 24.3 Å². The third-order valence-corrected chi connectivity index (χ3v) is 9.88. The third-order valence-electron chi connectivity index (χ3n) is 9.88. The van der Waals surface area contributed by atoms with E-state index < -0.39 is 6.10 Å². The van der Waals surface area contributed by atoms with Gasteiger partial charge in [0, 0.05) is 64.5 Å². The highest BCUT2D eigenvalue weighted by molar-refractivity contribution is 6.03. The van der Waals surface area contributed by atoms with E-state index in [4.69, 9.17) is 4.74 Å². The predicted octanol–water partition coefficient (Wildman–Crippen LogP) is 3.50. The van der Waals surface area contributed by atoms with Crippen molar-refractivity contribution in [2.24, 2.45) is 5.41 Å². The second-order valence-corrected chi connectivity index (χ2v) is 12.1. The number of aliphatic hydroxyl groups is 1. The molecule has 2 fully saturated rings. The minimum Gasteiger partial charge on any atom is -0.390 e. The van der Waals surface area contributed by atoms with Crippen LogP contribution in [0.15, 0.2) is 42.5 Å². The molecular formula is C32H43ClN4O4. The van der Waals surface area contributed by atoms with Crippen molar-refractivity contribution in [2.75, 3.05) is 51.3 Å². The van der Waals surface area contributed by atoms with Gasteiger partial charge in [-0.05, 0) is 73.8 Å². The lowest BCUT2D eigenvalue weighted by atomic mass is 9.61. The highest BCUT2D eigenvalue weighted by Crippen LogP contribution is 2.50. The number of amides is 2. The van der Waals surface area contributed by atoms with E-state index in [-0.39, 0.29) is 36.8 Å². The largest absolute Gasteiger partial charge is 0.390 e. The number of hydrogen-bond donors (Lipinski definition) is 2. The molecule has 222 valence electrons. The molecule has 3 aliphatic heterocycles. The Hall–Kier alpha value is -2.65. The summed E-state index contributed by atoms with van der Waals surface area (Å²) in [7, 11) is 1.79. The lowest BCUT2D eigenvalue weighted by Crippen LogP contribution is -2.50. The minimum atomic E-state index is -0.674. The molecular weight excluding hydrogens is 540 g/mol. The van der Waals surface area contributed by atoms with Crippen molar-refractivity contribution >= 4 is 29.9 Å². The summed E-state index contributed by atoms with van der Waals surface area (Å²) < 4.78 is 5.49. The number of piperidine rings is 1. The first-order valence-electron chi connectivity index (χ1n) is 14.9. The number of carbonyl (C=O) groups is 2. The van der Waals surface area contributed by atoms with Crippen LogP contribution in [0, 0.1) is 5.41 Å². The molecule has 3 heterocycles. The smallest absolute Gasteiger partial charge is 0.256 e. The summed E-state index contributed by atoms with van der Waals surface area (Å²) in [5.41, 5.74) is 4.92. The van der Waals surface area contributed by atoms with Crippen molar-refractivity contribution in [3.8, 4) is 0 Å². The molecule has 41 heavy (non-hydrogen) atoms. The molecule has 2 aromatic carbocycles. The molecule has 0 radical (unpaired) electrons. The van der Waals surface area contributed by atoms with Gasteiger partial charge in [-0.25, -0.2) is 0 Å². The summed E-state index contributed by atoms with van der Waals surface area (Å²) in [4.78, 5) is 33.2.